The Morgan fingerprint density at radius 1 is 1.17 bits per heavy atom. The number of imidazole rings is 1. The lowest BCUT2D eigenvalue weighted by Gasteiger charge is -1.97. The molecule has 2 aromatic heterocycles. The molecule has 1 N–H and O–H groups in total. The van der Waals surface area contributed by atoms with E-state index in [1.165, 1.54) is 0 Å². The molecule has 0 aliphatic rings. The van der Waals surface area contributed by atoms with Crippen LogP contribution in [0.4, 0.5) is 0 Å². The molecule has 0 radical (unpaired) electrons. The number of nitrogens with one attached hydrogen (secondary N) is 1. The smallest absolute Gasteiger partial charge is 0.197 e. The normalized spacial score (nSPS) is 12.7. The SMILES string of the molecule is O=S(Cc1ccccn1)c1nc2ccccc2[nH]1.[HH]. The molecular formula is C13H13N3OS. The van der Waals surface area contributed by atoms with Gasteiger partial charge in [0.25, 0.3) is 0 Å². The zero-order valence-corrected chi connectivity index (χ0v) is 10.4. The number of aromatic nitrogens is 3. The number of aromatic amines is 1. The first-order valence-corrected chi connectivity index (χ1v) is 6.88. The van der Waals surface area contributed by atoms with Crippen molar-refractivity contribution in [1.82, 2.24) is 15.0 Å². The van der Waals surface area contributed by atoms with E-state index in [-0.39, 0.29) is 1.43 Å². The van der Waals surface area contributed by atoms with Crippen molar-refractivity contribution in [3.63, 3.8) is 0 Å². The molecule has 4 nitrogen and oxygen atoms in total. The van der Waals surface area contributed by atoms with E-state index in [9.17, 15) is 4.21 Å². The van der Waals surface area contributed by atoms with Crippen molar-refractivity contribution < 1.29 is 5.64 Å². The molecular weight excluding hydrogens is 246 g/mol. The van der Waals surface area contributed by atoms with Crippen LogP contribution in [0.1, 0.15) is 7.12 Å². The number of nitrogens with zero attached hydrogens (tertiary/aromatic N) is 2. The zero-order valence-electron chi connectivity index (χ0n) is 9.54. The highest BCUT2D eigenvalue weighted by Gasteiger charge is 2.10. The second-order valence-corrected chi connectivity index (χ2v) is 5.24. The van der Waals surface area contributed by atoms with E-state index in [0.29, 0.717) is 10.9 Å². The molecule has 0 fully saturated rings. The Morgan fingerprint density at radius 2 is 2.00 bits per heavy atom. The average molecular weight is 259 g/mol. The molecule has 5 heteroatoms. The minimum absolute atomic E-state index is 0. The van der Waals surface area contributed by atoms with Crippen molar-refractivity contribution in [2.45, 2.75) is 10.9 Å². The van der Waals surface area contributed by atoms with Crippen molar-refractivity contribution in [3.8, 4) is 0 Å². The van der Waals surface area contributed by atoms with Gasteiger partial charge in [0, 0.05) is 7.62 Å². The van der Waals surface area contributed by atoms with E-state index < -0.39 is 10.8 Å². The summed E-state index contributed by atoms with van der Waals surface area (Å²) in [5.41, 5.74) is 2.54. The number of para-hydroxylation sites is 2. The lowest BCUT2D eigenvalue weighted by molar-refractivity contribution is 0.677. The van der Waals surface area contributed by atoms with Crippen LogP contribution < -0.4 is 0 Å². The first-order valence-electron chi connectivity index (χ1n) is 5.56. The summed E-state index contributed by atoms with van der Waals surface area (Å²) in [5.74, 6) is 0.376. The number of H-pyrrole nitrogens is 1. The van der Waals surface area contributed by atoms with Crippen molar-refractivity contribution in [3.05, 3.63) is 54.4 Å². The lowest BCUT2D eigenvalue weighted by Crippen LogP contribution is -1.99. The average Bonchev–Trinajstić information content (AvgIpc) is 2.84. The van der Waals surface area contributed by atoms with Gasteiger partial charge in [0.15, 0.2) is 5.16 Å². The fourth-order valence-corrected chi connectivity index (χ4v) is 2.72. The predicted molar refractivity (Wildman–Crippen MR) is 72.6 cm³/mol. The van der Waals surface area contributed by atoms with Crippen LogP contribution in [0, 0.1) is 0 Å². The van der Waals surface area contributed by atoms with Gasteiger partial charge in [-0.2, -0.15) is 0 Å². The Hall–Kier alpha value is -2.01. The largest absolute Gasteiger partial charge is 0.331 e. The summed E-state index contributed by atoms with van der Waals surface area (Å²) in [6.07, 6.45) is 1.70. The summed E-state index contributed by atoms with van der Waals surface area (Å²) in [5, 5.41) is 0.502. The van der Waals surface area contributed by atoms with Gasteiger partial charge in [0.2, 0.25) is 0 Å². The molecule has 0 aliphatic carbocycles. The van der Waals surface area contributed by atoms with E-state index in [4.69, 9.17) is 0 Å². The predicted octanol–water partition coefficient (Wildman–Crippen LogP) is 2.51. The van der Waals surface area contributed by atoms with E-state index in [1.54, 1.807) is 6.20 Å². The van der Waals surface area contributed by atoms with E-state index >= 15 is 0 Å². The number of pyridine rings is 1. The minimum Gasteiger partial charge on any atom is -0.331 e. The summed E-state index contributed by atoms with van der Waals surface area (Å²) >= 11 is 0. The quantitative estimate of drug-likeness (QED) is 0.786. The highest BCUT2D eigenvalue weighted by Crippen LogP contribution is 2.14. The Labute approximate surface area is 108 Å². The van der Waals surface area contributed by atoms with E-state index in [0.717, 1.165) is 16.7 Å². The van der Waals surface area contributed by atoms with Gasteiger partial charge in [-0.15, -0.1) is 0 Å². The van der Waals surface area contributed by atoms with Crippen molar-refractivity contribution >= 4 is 21.8 Å². The topological polar surface area (TPSA) is 58.6 Å². The molecule has 92 valence electrons. The molecule has 0 spiro atoms. The second-order valence-electron chi connectivity index (χ2n) is 3.87. The molecule has 1 aromatic carbocycles. The maximum Gasteiger partial charge on any atom is 0.197 e. The molecule has 0 amide bonds. The standard InChI is InChI=1S/C13H11N3OS.H2/c17-18(9-10-5-3-4-8-14-10)13-15-11-6-1-2-7-12(11)16-13;/h1-8H,9H2,(H,15,16);1H. The number of hydrogen-bond donors (Lipinski definition) is 1. The van der Waals surface area contributed by atoms with Gasteiger partial charge in [0.1, 0.15) is 0 Å². The van der Waals surface area contributed by atoms with Crippen molar-refractivity contribution in [2.75, 3.05) is 0 Å². The fraction of sp³-hybridized carbons (Fsp3) is 0.0769. The lowest BCUT2D eigenvalue weighted by atomic mass is 10.3. The summed E-state index contributed by atoms with van der Waals surface area (Å²) in [4.78, 5) is 11.6. The summed E-state index contributed by atoms with van der Waals surface area (Å²) in [6, 6.07) is 13.2. The number of hydrogen-bond acceptors (Lipinski definition) is 3. The maximum absolute atomic E-state index is 12.2. The maximum atomic E-state index is 12.2. The molecule has 1 atom stereocenters. The zero-order chi connectivity index (χ0) is 12.4. The summed E-state index contributed by atoms with van der Waals surface area (Å²) in [7, 11) is -1.20. The molecule has 0 aliphatic heterocycles. The van der Waals surface area contributed by atoms with E-state index in [2.05, 4.69) is 15.0 Å². The third kappa shape index (κ3) is 2.17. The van der Waals surface area contributed by atoms with E-state index in [1.807, 2.05) is 42.5 Å². The van der Waals surface area contributed by atoms with Gasteiger partial charge in [-0.3, -0.25) is 9.19 Å². The second kappa shape index (κ2) is 4.70. The molecule has 0 bridgehead atoms. The van der Waals surface area contributed by atoms with Crippen LogP contribution in [0.25, 0.3) is 11.0 Å². The monoisotopic (exact) mass is 259 g/mol. The van der Waals surface area contributed by atoms with Crippen molar-refractivity contribution in [2.24, 2.45) is 0 Å². The van der Waals surface area contributed by atoms with Crippen LogP contribution in [0.2, 0.25) is 0 Å². The Kier molecular flexibility index (Phi) is 2.90. The third-order valence-electron chi connectivity index (χ3n) is 2.59. The van der Waals surface area contributed by atoms with Gasteiger partial charge >= 0.3 is 0 Å². The van der Waals surface area contributed by atoms with Crippen LogP contribution >= 0.6 is 0 Å². The van der Waals surface area contributed by atoms with Gasteiger partial charge < -0.3 is 4.98 Å². The molecule has 3 rings (SSSR count). The Balaban J connectivity index is 0.00000133. The molecule has 1 unspecified atom stereocenters. The van der Waals surface area contributed by atoms with Gasteiger partial charge in [0.05, 0.1) is 33.3 Å². The Bertz CT molecular complexity index is 666. The summed E-state index contributed by atoms with van der Waals surface area (Å²) in [6.45, 7) is 0. The van der Waals surface area contributed by atoms with Crippen LogP contribution in [-0.4, -0.2) is 19.2 Å². The highest BCUT2D eigenvalue weighted by atomic mass is 32.2. The van der Waals surface area contributed by atoms with Crippen LogP contribution in [0.3, 0.4) is 0 Å². The minimum atomic E-state index is -1.20. The van der Waals surface area contributed by atoms with Crippen LogP contribution in [0.5, 0.6) is 0 Å². The summed E-state index contributed by atoms with van der Waals surface area (Å²) < 4.78 is 12.2. The van der Waals surface area contributed by atoms with Gasteiger partial charge in [-0.25, -0.2) is 4.98 Å². The first kappa shape index (κ1) is 11.1. The Morgan fingerprint density at radius 3 is 2.78 bits per heavy atom. The highest BCUT2D eigenvalue weighted by molar-refractivity contribution is 7.84. The fourth-order valence-electron chi connectivity index (χ4n) is 1.72. The number of benzene rings is 1. The van der Waals surface area contributed by atoms with Crippen molar-refractivity contribution in [1.29, 1.82) is 0 Å². The van der Waals surface area contributed by atoms with Gasteiger partial charge in [-0.1, -0.05) is 18.2 Å². The molecule has 3 aromatic rings. The molecule has 0 saturated carbocycles. The third-order valence-corrected chi connectivity index (χ3v) is 3.77. The van der Waals surface area contributed by atoms with Gasteiger partial charge in [-0.05, 0) is 24.3 Å². The number of rotatable bonds is 3. The molecule has 18 heavy (non-hydrogen) atoms. The molecule has 2 heterocycles. The number of fused-ring (bicyclic) bond motifs is 1. The first-order chi connectivity index (χ1) is 8.83. The molecule has 0 saturated heterocycles. The van der Waals surface area contributed by atoms with Crippen LogP contribution in [-0.2, 0) is 16.6 Å². The van der Waals surface area contributed by atoms with Crippen LogP contribution in [0.15, 0.2) is 53.8 Å².